The number of rotatable bonds is 6. The van der Waals surface area contributed by atoms with E-state index in [-0.39, 0.29) is 12.5 Å². The maximum absolute atomic E-state index is 11.2. The molecule has 0 spiro atoms. The summed E-state index contributed by atoms with van der Waals surface area (Å²) in [6, 6.07) is 3.60. The number of urea groups is 1. The number of nitrogens with one attached hydrogen (secondary N) is 2. The molecule has 1 rings (SSSR count). The van der Waals surface area contributed by atoms with Crippen LogP contribution in [0.5, 0.6) is 0 Å². The summed E-state index contributed by atoms with van der Waals surface area (Å²) in [7, 11) is 0. The number of hydrogen-bond donors (Lipinski definition) is 3. The van der Waals surface area contributed by atoms with E-state index in [1.165, 1.54) is 0 Å². The number of carbonyl (C=O) groups excluding carboxylic acids is 1. The van der Waals surface area contributed by atoms with Crippen molar-refractivity contribution in [2.75, 3.05) is 6.54 Å². The second-order valence-corrected chi connectivity index (χ2v) is 4.22. The Morgan fingerprint density at radius 3 is 2.81 bits per heavy atom. The van der Waals surface area contributed by atoms with Crippen LogP contribution in [0.4, 0.5) is 4.79 Å². The van der Waals surface area contributed by atoms with Gasteiger partial charge >= 0.3 is 12.0 Å². The van der Waals surface area contributed by atoms with Crippen LogP contribution in [0.25, 0.3) is 0 Å². The van der Waals surface area contributed by atoms with Crippen molar-refractivity contribution in [3.8, 4) is 0 Å². The minimum atomic E-state index is -0.846. The Bertz CT molecular complexity index is 338. The zero-order valence-electron chi connectivity index (χ0n) is 8.73. The third-order valence-electron chi connectivity index (χ3n) is 1.86. The number of hydrogen-bond acceptors (Lipinski definition) is 3. The van der Waals surface area contributed by atoms with Gasteiger partial charge in [-0.2, -0.15) is 0 Å². The van der Waals surface area contributed by atoms with Gasteiger partial charge < -0.3 is 15.7 Å². The molecule has 1 aromatic rings. The van der Waals surface area contributed by atoms with Crippen molar-refractivity contribution in [2.24, 2.45) is 0 Å². The zero-order valence-corrected chi connectivity index (χ0v) is 9.55. The Labute approximate surface area is 97.5 Å². The highest BCUT2D eigenvalue weighted by Gasteiger charge is 2.01. The molecule has 88 valence electrons. The Morgan fingerprint density at radius 1 is 1.38 bits per heavy atom. The van der Waals surface area contributed by atoms with E-state index in [2.05, 4.69) is 10.6 Å². The molecule has 5 nitrogen and oxygen atoms in total. The number of carboxylic acid groups (broad SMARTS) is 1. The molecule has 0 saturated heterocycles. The SMILES string of the molecule is O=C(O)CCCNC(=O)NCc1cccs1. The molecule has 0 saturated carbocycles. The molecule has 6 heteroatoms. The van der Waals surface area contributed by atoms with Gasteiger partial charge in [-0.1, -0.05) is 6.07 Å². The van der Waals surface area contributed by atoms with Gasteiger partial charge in [0.05, 0.1) is 6.54 Å². The van der Waals surface area contributed by atoms with Gasteiger partial charge in [-0.25, -0.2) is 4.79 Å². The van der Waals surface area contributed by atoms with E-state index in [0.717, 1.165) is 4.88 Å². The molecule has 0 fully saturated rings. The summed E-state index contributed by atoms with van der Waals surface area (Å²) in [5.74, 6) is -0.846. The first-order valence-electron chi connectivity index (χ1n) is 4.94. The van der Waals surface area contributed by atoms with E-state index in [9.17, 15) is 9.59 Å². The van der Waals surface area contributed by atoms with E-state index < -0.39 is 5.97 Å². The predicted octanol–water partition coefficient (Wildman–Crippen LogP) is 1.41. The lowest BCUT2D eigenvalue weighted by Crippen LogP contribution is -2.35. The Morgan fingerprint density at radius 2 is 2.19 bits per heavy atom. The zero-order chi connectivity index (χ0) is 11.8. The van der Waals surface area contributed by atoms with Crippen molar-refractivity contribution in [3.05, 3.63) is 22.4 Å². The molecule has 1 aromatic heterocycles. The fraction of sp³-hybridized carbons (Fsp3) is 0.400. The van der Waals surface area contributed by atoms with Gasteiger partial charge in [0, 0.05) is 17.8 Å². The highest BCUT2D eigenvalue weighted by Crippen LogP contribution is 2.06. The van der Waals surface area contributed by atoms with Crippen LogP contribution in [0, 0.1) is 0 Å². The van der Waals surface area contributed by atoms with Crippen molar-refractivity contribution in [1.82, 2.24) is 10.6 Å². The van der Waals surface area contributed by atoms with Crippen molar-refractivity contribution in [1.29, 1.82) is 0 Å². The average Bonchev–Trinajstić information content (AvgIpc) is 2.74. The fourth-order valence-electron chi connectivity index (χ4n) is 1.08. The summed E-state index contributed by atoms with van der Waals surface area (Å²) in [5.41, 5.74) is 0. The lowest BCUT2D eigenvalue weighted by Gasteiger charge is -2.05. The molecule has 0 radical (unpaired) electrons. The smallest absolute Gasteiger partial charge is 0.315 e. The third kappa shape index (κ3) is 5.35. The summed E-state index contributed by atoms with van der Waals surface area (Å²) < 4.78 is 0. The lowest BCUT2D eigenvalue weighted by atomic mass is 10.3. The van der Waals surface area contributed by atoms with Crippen LogP contribution in [0.1, 0.15) is 17.7 Å². The number of aliphatic carboxylic acids is 1. The third-order valence-corrected chi connectivity index (χ3v) is 2.73. The van der Waals surface area contributed by atoms with Crippen LogP contribution in [-0.4, -0.2) is 23.7 Å². The number of carboxylic acids is 1. The second-order valence-electron chi connectivity index (χ2n) is 3.19. The maximum atomic E-state index is 11.2. The van der Waals surface area contributed by atoms with Crippen molar-refractivity contribution >= 4 is 23.3 Å². The summed E-state index contributed by atoms with van der Waals surface area (Å²) in [4.78, 5) is 22.5. The molecule has 3 N–H and O–H groups in total. The summed E-state index contributed by atoms with van der Waals surface area (Å²) in [6.45, 7) is 0.880. The highest BCUT2D eigenvalue weighted by molar-refractivity contribution is 7.09. The minimum absolute atomic E-state index is 0.0746. The molecule has 0 aliphatic carbocycles. The predicted molar refractivity (Wildman–Crippen MR) is 61.4 cm³/mol. The second kappa shape index (κ2) is 6.84. The van der Waals surface area contributed by atoms with E-state index >= 15 is 0 Å². The molecule has 16 heavy (non-hydrogen) atoms. The molecule has 0 aliphatic heterocycles. The Hall–Kier alpha value is -1.56. The first kappa shape index (κ1) is 12.5. The Balaban J connectivity index is 2.05. The largest absolute Gasteiger partial charge is 0.481 e. The monoisotopic (exact) mass is 242 g/mol. The van der Waals surface area contributed by atoms with E-state index in [0.29, 0.717) is 19.5 Å². The molecule has 0 bridgehead atoms. The van der Waals surface area contributed by atoms with Crippen LogP contribution in [0.2, 0.25) is 0 Å². The van der Waals surface area contributed by atoms with Gasteiger partial charge in [-0.15, -0.1) is 11.3 Å². The first-order chi connectivity index (χ1) is 7.68. The van der Waals surface area contributed by atoms with Crippen LogP contribution in [0.15, 0.2) is 17.5 Å². The molecular formula is C10H14N2O3S. The van der Waals surface area contributed by atoms with Gasteiger partial charge in [0.1, 0.15) is 0 Å². The molecular weight excluding hydrogens is 228 g/mol. The summed E-state index contributed by atoms with van der Waals surface area (Å²) in [6.07, 6.45) is 0.521. The Kier molecular flexibility index (Phi) is 5.35. The molecule has 1 heterocycles. The normalized spacial score (nSPS) is 9.75. The van der Waals surface area contributed by atoms with Gasteiger partial charge in [-0.05, 0) is 17.9 Å². The first-order valence-corrected chi connectivity index (χ1v) is 5.82. The van der Waals surface area contributed by atoms with Crippen LogP contribution >= 0.6 is 11.3 Å². The van der Waals surface area contributed by atoms with Gasteiger partial charge in [-0.3, -0.25) is 4.79 Å². The number of carbonyl (C=O) groups is 2. The van der Waals surface area contributed by atoms with Crippen LogP contribution < -0.4 is 10.6 Å². The topological polar surface area (TPSA) is 78.4 Å². The minimum Gasteiger partial charge on any atom is -0.481 e. The van der Waals surface area contributed by atoms with E-state index in [1.807, 2.05) is 17.5 Å². The molecule has 0 aliphatic rings. The number of thiophene rings is 1. The highest BCUT2D eigenvalue weighted by atomic mass is 32.1. The van der Waals surface area contributed by atoms with Crippen LogP contribution in [0.3, 0.4) is 0 Å². The molecule has 0 aromatic carbocycles. The summed E-state index contributed by atoms with van der Waals surface area (Å²) in [5, 5.41) is 15.6. The summed E-state index contributed by atoms with van der Waals surface area (Å²) >= 11 is 1.58. The quantitative estimate of drug-likeness (QED) is 0.660. The van der Waals surface area contributed by atoms with Gasteiger partial charge in [0.15, 0.2) is 0 Å². The van der Waals surface area contributed by atoms with E-state index in [4.69, 9.17) is 5.11 Å². The standard InChI is InChI=1S/C10H14N2O3S/c13-9(14)4-1-5-11-10(15)12-7-8-3-2-6-16-8/h2-3,6H,1,4-5,7H2,(H,13,14)(H2,11,12,15). The molecule has 2 amide bonds. The van der Waals surface area contributed by atoms with Crippen molar-refractivity contribution in [2.45, 2.75) is 19.4 Å². The van der Waals surface area contributed by atoms with Crippen LogP contribution in [-0.2, 0) is 11.3 Å². The van der Waals surface area contributed by atoms with E-state index in [1.54, 1.807) is 11.3 Å². The molecule has 0 unspecified atom stereocenters. The van der Waals surface area contributed by atoms with Gasteiger partial charge in [0.25, 0.3) is 0 Å². The van der Waals surface area contributed by atoms with Crippen molar-refractivity contribution in [3.63, 3.8) is 0 Å². The average molecular weight is 242 g/mol. The number of amides is 2. The van der Waals surface area contributed by atoms with Gasteiger partial charge in [0.2, 0.25) is 0 Å². The van der Waals surface area contributed by atoms with Crippen molar-refractivity contribution < 1.29 is 14.7 Å². The maximum Gasteiger partial charge on any atom is 0.315 e. The fourth-order valence-corrected chi connectivity index (χ4v) is 1.73. The lowest BCUT2D eigenvalue weighted by molar-refractivity contribution is -0.137. The molecule has 0 atom stereocenters.